The number of hydrogen-bond donors (Lipinski definition) is 0. The lowest BCUT2D eigenvalue weighted by Gasteiger charge is -2.36. The highest BCUT2D eigenvalue weighted by Gasteiger charge is 2.30. The maximum atomic E-state index is 13.8. The van der Waals surface area contributed by atoms with Crippen LogP contribution in [0.15, 0.2) is 29.2 Å². The van der Waals surface area contributed by atoms with Gasteiger partial charge in [-0.1, -0.05) is 0 Å². The monoisotopic (exact) mass is 500 g/mol. The molecule has 0 bridgehead atoms. The fraction of sp³-hybridized carbons (Fsp3) is 0.545. The van der Waals surface area contributed by atoms with E-state index in [1.807, 2.05) is 4.90 Å². The van der Waals surface area contributed by atoms with Gasteiger partial charge in [0.05, 0.1) is 30.4 Å². The Labute approximate surface area is 196 Å². The summed E-state index contributed by atoms with van der Waals surface area (Å²) in [6, 6.07) is 2.73. The first-order valence-electron chi connectivity index (χ1n) is 11.3. The van der Waals surface area contributed by atoms with Gasteiger partial charge in [-0.3, -0.25) is 9.18 Å². The van der Waals surface area contributed by atoms with E-state index in [9.17, 15) is 26.4 Å². The van der Waals surface area contributed by atoms with Crippen LogP contribution in [-0.2, 0) is 10.0 Å². The van der Waals surface area contributed by atoms with Gasteiger partial charge in [0.25, 0.3) is 0 Å². The Morgan fingerprint density at radius 2 is 1.68 bits per heavy atom. The van der Waals surface area contributed by atoms with E-state index in [1.165, 1.54) is 10.5 Å². The Morgan fingerprint density at radius 3 is 2.29 bits per heavy atom. The Kier molecular flexibility index (Phi) is 7.46. The van der Waals surface area contributed by atoms with Gasteiger partial charge in [0.2, 0.25) is 15.8 Å². The predicted molar refractivity (Wildman–Crippen MR) is 121 cm³/mol. The van der Waals surface area contributed by atoms with Gasteiger partial charge in [-0.2, -0.15) is 14.1 Å². The Balaban J connectivity index is 1.63. The number of rotatable bonds is 8. The van der Waals surface area contributed by atoms with Crippen LogP contribution in [0.1, 0.15) is 32.1 Å². The summed E-state index contributed by atoms with van der Waals surface area (Å²) >= 11 is 0. The van der Waals surface area contributed by atoms with Gasteiger partial charge in [-0.05, 0) is 44.2 Å². The highest BCUT2D eigenvalue weighted by atomic mass is 32.2. The van der Waals surface area contributed by atoms with Crippen molar-refractivity contribution in [3.05, 3.63) is 46.4 Å². The number of ether oxygens (including phenoxy) is 1. The molecule has 0 unspecified atom stereocenters. The second-order valence-corrected chi connectivity index (χ2v) is 10.6. The summed E-state index contributed by atoms with van der Waals surface area (Å²) in [6.45, 7) is 0.231. The molecule has 1 saturated carbocycles. The number of hydrogen-bond acceptors (Lipinski definition) is 6. The van der Waals surface area contributed by atoms with E-state index >= 15 is 0 Å². The molecule has 2 heterocycles. The van der Waals surface area contributed by atoms with E-state index in [2.05, 4.69) is 5.10 Å². The molecule has 2 aliphatic rings. The summed E-state index contributed by atoms with van der Waals surface area (Å²) in [6.07, 6.45) is 4.72. The van der Waals surface area contributed by atoms with Gasteiger partial charge in [0.1, 0.15) is 17.3 Å². The maximum absolute atomic E-state index is 13.8. The van der Waals surface area contributed by atoms with Gasteiger partial charge < -0.3 is 9.64 Å². The van der Waals surface area contributed by atoms with E-state index in [1.54, 1.807) is 0 Å². The molecule has 4 rings (SSSR count). The van der Waals surface area contributed by atoms with E-state index in [0.29, 0.717) is 11.8 Å². The Morgan fingerprint density at radius 1 is 1.03 bits per heavy atom. The highest BCUT2D eigenvalue weighted by molar-refractivity contribution is 7.89. The predicted octanol–water partition coefficient (Wildman–Crippen LogP) is 2.64. The first-order chi connectivity index (χ1) is 16.3. The van der Waals surface area contributed by atoms with Crippen molar-refractivity contribution in [3.63, 3.8) is 0 Å². The van der Waals surface area contributed by atoms with Crippen LogP contribution in [0.4, 0.5) is 18.9 Å². The largest absolute Gasteiger partial charge is 0.483 e. The topological polar surface area (TPSA) is 84.7 Å². The van der Waals surface area contributed by atoms with Crippen molar-refractivity contribution in [2.45, 2.75) is 38.2 Å². The molecule has 186 valence electrons. The number of piperazine rings is 1. The fourth-order valence-corrected chi connectivity index (χ4v) is 5.81. The van der Waals surface area contributed by atoms with Crippen molar-refractivity contribution in [2.24, 2.45) is 0 Å². The molecular formula is C22H27F3N4O4S. The molecule has 1 saturated heterocycles. The van der Waals surface area contributed by atoms with Crippen molar-refractivity contribution in [1.29, 1.82) is 0 Å². The van der Waals surface area contributed by atoms with Crippen LogP contribution in [-0.4, -0.2) is 67.2 Å². The Hall–Kier alpha value is -2.60. The molecule has 0 radical (unpaired) electrons. The van der Waals surface area contributed by atoms with Crippen molar-refractivity contribution in [3.8, 4) is 11.4 Å². The first kappa shape index (κ1) is 24.5. The van der Waals surface area contributed by atoms with Crippen LogP contribution in [0, 0.1) is 11.6 Å². The summed E-state index contributed by atoms with van der Waals surface area (Å²) in [7, 11) is -3.56. The summed E-state index contributed by atoms with van der Waals surface area (Å²) < 4.78 is 73.0. The molecule has 12 heteroatoms. The third kappa shape index (κ3) is 5.38. The smallest absolute Gasteiger partial charge is 0.316 e. The molecule has 0 N–H and O–H groups in total. The SMILES string of the molecule is O=c1c(OC2CCCC2)c(N2CCN(S(=O)(=O)CCCF)CC2)cnn1-c1cc(F)cc(F)c1. The molecule has 34 heavy (non-hydrogen) atoms. The lowest BCUT2D eigenvalue weighted by atomic mass is 10.2. The number of aromatic nitrogens is 2. The third-order valence-electron chi connectivity index (χ3n) is 6.10. The molecule has 0 spiro atoms. The van der Waals surface area contributed by atoms with Crippen LogP contribution >= 0.6 is 0 Å². The minimum Gasteiger partial charge on any atom is -0.483 e. The summed E-state index contributed by atoms with van der Waals surface area (Å²) in [5, 5.41) is 4.13. The van der Waals surface area contributed by atoms with E-state index in [-0.39, 0.29) is 55.9 Å². The number of benzene rings is 1. The normalized spacial score (nSPS) is 17.9. The molecule has 1 aliphatic carbocycles. The number of alkyl halides is 1. The Bertz CT molecular complexity index is 1160. The molecule has 0 atom stereocenters. The minimum absolute atomic E-state index is 0.0281. The van der Waals surface area contributed by atoms with Gasteiger partial charge in [0, 0.05) is 32.2 Å². The van der Waals surface area contributed by atoms with Crippen molar-refractivity contribution < 1.29 is 26.3 Å². The van der Waals surface area contributed by atoms with Crippen molar-refractivity contribution in [1.82, 2.24) is 14.1 Å². The lowest BCUT2D eigenvalue weighted by molar-refractivity contribution is 0.205. The minimum atomic E-state index is -3.56. The standard InChI is InChI=1S/C22H27F3N4O4S/c23-6-3-11-34(31,32)28-9-7-27(8-10-28)20-15-26-29(18-13-16(24)12-17(25)14-18)22(30)21(20)33-19-4-1-2-5-19/h12-15,19H,1-11H2. The zero-order chi connectivity index (χ0) is 24.3. The van der Waals surface area contributed by atoms with Gasteiger partial charge in [0.15, 0.2) is 0 Å². The molecular weight excluding hydrogens is 473 g/mol. The zero-order valence-electron chi connectivity index (χ0n) is 18.6. The summed E-state index contributed by atoms with van der Waals surface area (Å²) in [5.41, 5.74) is -0.299. The van der Waals surface area contributed by atoms with Gasteiger partial charge >= 0.3 is 5.56 Å². The third-order valence-corrected chi connectivity index (χ3v) is 8.06. The lowest BCUT2D eigenvalue weighted by Crippen LogP contribution is -2.49. The second kappa shape index (κ2) is 10.3. The second-order valence-electron chi connectivity index (χ2n) is 8.47. The molecule has 0 amide bonds. The van der Waals surface area contributed by atoms with Crippen molar-refractivity contribution >= 4 is 15.7 Å². The zero-order valence-corrected chi connectivity index (χ0v) is 19.4. The molecule has 8 nitrogen and oxygen atoms in total. The quantitative estimate of drug-likeness (QED) is 0.554. The highest BCUT2D eigenvalue weighted by Crippen LogP contribution is 2.30. The molecule has 1 aliphatic heterocycles. The number of sulfonamides is 1. The van der Waals surface area contributed by atoms with Crippen LogP contribution in [0.5, 0.6) is 5.75 Å². The van der Waals surface area contributed by atoms with Crippen LogP contribution in [0.2, 0.25) is 0 Å². The van der Waals surface area contributed by atoms with Crippen LogP contribution < -0.4 is 15.2 Å². The first-order valence-corrected chi connectivity index (χ1v) is 12.9. The number of halogens is 3. The van der Waals surface area contributed by atoms with Crippen molar-refractivity contribution in [2.75, 3.05) is 43.5 Å². The molecule has 2 fully saturated rings. The number of anilines is 1. The molecule has 1 aromatic carbocycles. The van der Waals surface area contributed by atoms with E-state index in [0.717, 1.165) is 42.5 Å². The van der Waals surface area contributed by atoms with Gasteiger partial charge in [-0.15, -0.1) is 0 Å². The fourth-order valence-electron chi connectivity index (χ4n) is 4.36. The van der Waals surface area contributed by atoms with Gasteiger partial charge in [-0.25, -0.2) is 17.2 Å². The van der Waals surface area contributed by atoms with E-state index in [4.69, 9.17) is 4.74 Å². The summed E-state index contributed by atoms with van der Waals surface area (Å²) in [5.74, 6) is -1.89. The average Bonchev–Trinajstić information content (AvgIpc) is 3.32. The maximum Gasteiger partial charge on any atom is 0.316 e. The van der Waals surface area contributed by atoms with E-state index < -0.39 is 33.9 Å². The number of nitrogens with zero attached hydrogens (tertiary/aromatic N) is 4. The van der Waals surface area contributed by atoms with Crippen LogP contribution in [0.25, 0.3) is 5.69 Å². The summed E-state index contributed by atoms with van der Waals surface area (Å²) in [4.78, 5) is 15.2. The average molecular weight is 501 g/mol. The van der Waals surface area contributed by atoms with Crippen LogP contribution in [0.3, 0.4) is 0 Å². The molecule has 1 aromatic heterocycles. The molecule has 2 aromatic rings.